The van der Waals surface area contributed by atoms with E-state index >= 15 is 0 Å². The molecule has 13 heavy (non-hydrogen) atoms. The highest BCUT2D eigenvalue weighted by atomic mass is 16.3. The van der Waals surface area contributed by atoms with Crippen molar-refractivity contribution in [3.63, 3.8) is 0 Å². The van der Waals surface area contributed by atoms with Gasteiger partial charge in [-0.3, -0.25) is 0 Å². The van der Waals surface area contributed by atoms with Crippen molar-refractivity contribution in [3.05, 3.63) is 24.2 Å². The molecule has 2 rings (SSSR count). The zero-order chi connectivity index (χ0) is 9.10. The number of hydrogen-bond acceptors (Lipinski definition) is 2. The summed E-state index contributed by atoms with van der Waals surface area (Å²) in [6, 6.07) is 2.45. The standard InChI is InChI=1S/C11H17NO/c12-11-4-2-1-3-10(11)7-9-5-6-13-8-9/h5-6,8,10-11H,1-4,7,12H2. The van der Waals surface area contributed by atoms with Gasteiger partial charge in [-0.25, -0.2) is 0 Å². The van der Waals surface area contributed by atoms with E-state index < -0.39 is 0 Å². The van der Waals surface area contributed by atoms with Crippen molar-refractivity contribution in [1.29, 1.82) is 0 Å². The third-order valence-corrected chi connectivity index (χ3v) is 3.05. The Morgan fingerprint density at radius 3 is 2.92 bits per heavy atom. The summed E-state index contributed by atoms with van der Waals surface area (Å²) in [4.78, 5) is 0. The van der Waals surface area contributed by atoms with Crippen molar-refractivity contribution in [2.75, 3.05) is 0 Å². The minimum Gasteiger partial charge on any atom is -0.472 e. The Bertz CT molecular complexity index is 243. The Balaban J connectivity index is 1.93. The number of hydrogen-bond donors (Lipinski definition) is 1. The van der Waals surface area contributed by atoms with Crippen molar-refractivity contribution >= 4 is 0 Å². The van der Waals surface area contributed by atoms with E-state index in [1.807, 2.05) is 12.3 Å². The van der Waals surface area contributed by atoms with Crippen molar-refractivity contribution in [1.82, 2.24) is 0 Å². The van der Waals surface area contributed by atoms with E-state index in [-0.39, 0.29) is 0 Å². The Hall–Kier alpha value is -0.760. The average Bonchev–Trinajstić information content (AvgIpc) is 2.61. The molecule has 0 amide bonds. The minimum absolute atomic E-state index is 0.406. The topological polar surface area (TPSA) is 39.2 Å². The molecule has 1 aromatic heterocycles. The van der Waals surface area contributed by atoms with E-state index in [9.17, 15) is 0 Å². The molecule has 1 fully saturated rings. The number of rotatable bonds is 2. The quantitative estimate of drug-likeness (QED) is 0.756. The molecule has 2 atom stereocenters. The average molecular weight is 179 g/mol. The van der Waals surface area contributed by atoms with Gasteiger partial charge in [0.15, 0.2) is 0 Å². The first-order valence-corrected chi connectivity index (χ1v) is 5.13. The first-order chi connectivity index (χ1) is 6.36. The summed E-state index contributed by atoms with van der Waals surface area (Å²) >= 11 is 0. The van der Waals surface area contributed by atoms with Crippen molar-refractivity contribution in [2.45, 2.75) is 38.1 Å². The summed E-state index contributed by atoms with van der Waals surface area (Å²) in [7, 11) is 0. The summed E-state index contributed by atoms with van der Waals surface area (Å²) < 4.78 is 5.05. The fourth-order valence-corrected chi connectivity index (χ4v) is 2.20. The van der Waals surface area contributed by atoms with Gasteiger partial charge >= 0.3 is 0 Å². The Morgan fingerprint density at radius 2 is 2.23 bits per heavy atom. The molecule has 2 unspecified atom stereocenters. The molecule has 0 spiro atoms. The molecule has 1 heterocycles. The summed E-state index contributed by atoms with van der Waals surface area (Å²) in [5.74, 6) is 0.673. The maximum Gasteiger partial charge on any atom is 0.0934 e. The second kappa shape index (κ2) is 3.97. The van der Waals surface area contributed by atoms with Crippen LogP contribution in [0.5, 0.6) is 0 Å². The zero-order valence-electron chi connectivity index (χ0n) is 7.91. The van der Waals surface area contributed by atoms with E-state index in [0.717, 1.165) is 6.42 Å². The molecular weight excluding hydrogens is 162 g/mol. The van der Waals surface area contributed by atoms with E-state index in [1.165, 1.54) is 31.2 Å². The molecule has 0 radical (unpaired) electrons. The monoisotopic (exact) mass is 179 g/mol. The van der Waals surface area contributed by atoms with Gasteiger partial charge in [0, 0.05) is 6.04 Å². The van der Waals surface area contributed by atoms with Crippen LogP contribution in [0.1, 0.15) is 31.2 Å². The van der Waals surface area contributed by atoms with Gasteiger partial charge in [-0.05, 0) is 36.8 Å². The van der Waals surface area contributed by atoms with Gasteiger partial charge in [-0.2, -0.15) is 0 Å². The normalized spacial score (nSPS) is 29.0. The Morgan fingerprint density at radius 1 is 1.38 bits per heavy atom. The van der Waals surface area contributed by atoms with Crippen molar-refractivity contribution in [3.8, 4) is 0 Å². The molecule has 1 aromatic rings. The van der Waals surface area contributed by atoms with Gasteiger partial charge < -0.3 is 10.2 Å². The van der Waals surface area contributed by atoms with E-state index in [4.69, 9.17) is 10.2 Å². The molecule has 1 aliphatic carbocycles. The maximum absolute atomic E-state index is 6.06. The molecule has 0 aromatic carbocycles. The first-order valence-electron chi connectivity index (χ1n) is 5.13. The third kappa shape index (κ3) is 2.13. The fraction of sp³-hybridized carbons (Fsp3) is 0.636. The lowest BCUT2D eigenvalue weighted by atomic mass is 9.82. The van der Waals surface area contributed by atoms with Crippen LogP contribution in [0.4, 0.5) is 0 Å². The van der Waals surface area contributed by atoms with Crippen LogP contribution in [0.3, 0.4) is 0 Å². The van der Waals surface area contributed by atoms with E-state index in [1.54, 1.807) is 6.26 Å². The molecule has 0 bridgehead atoms. The van der Waals surface area contributed by atoms with Crippen LogP contribution in [-0.4, -0.2) is 6.04 Å². The molecule has 1 aliphatic rings. The SMILES string of the molecule is NC1CCCCC1Cc1ccoc1. The van der Waals surface area contributed by atoms with Gasteiger partial charge in [-0.15, -0.1) is 0 Å². The van der Waals surface area contributed by atoms with Crippen LogP contribution in [0.15, 0.2) is 23.0 Å². The van der Waals surface area contributed by atoms with Crippen molar-refractivity contribution in [2.24, 2.45) is 11.7 Å². The molecule has 72 valence electrons. The molecule has 2 N–H and O–H groups in total. The largest absolute Gasteiger partial charge is 0.472 e. The van der Waals surface area contributed by atoms with Gasteiger partial charge in [-0.1, -0.05) is 12.8 Å². The lowest BCUT2D eigenvalue weighted by Crippen LogP contribution is -2.34. The lowest BCUT2D eigenvalue weighted by Gasteiger charge is -2.28. The number of nitrogens with two attached hydrogens (primary N) is 1. The summed E-state index contributed by atoms with van der Waals surface area (Å²) in [5.41, 5.74) is 7.36. The summed E-state index contributed by atoms with van der Waals surface area (Å²) in [6.45, 7) is 0. The Kier molecular flexibility index (Phi) is 2.69. The first kappa shape index (κ1) is 8.82. The van der Waals surface area contributed by atoms with Gasteiger partial charge in [0.05, 0.1) is 12.5 Å². The summed E-state index contributed by atoms with van der Waals surface area (Å²) in [5, 5.41) is 0. The molecule has 2 nitrogen and oxygen atoms in total. The van der Waals surface area contributed by atoms with Gasteiger partial charge in [0.2, 0.25) is 0 Å². The van der Waals surface area contributed by atoms with E-state index in [2.05, 4.69) is 0 Å². The second-order valence-electron chi connectivity index (χ2n) is 4.04. The second-order valence-corrected chi connectivity index (χ2v) is 4.04. The molecule has 2 heteroatoms. The summed E-state index contributed by atoms with van der Waals surface area (Å²) in [6.07, 6.45) is 9.80. The highest BCUT2D eigenvalue weighted by Gasteiger charge is 2.21. The van der Waals surface area contributed by atoms with Crippen molar-refractivity contribution < 1.29 is 4.42 Å². The predicted octanol–water partition coefficient (Wildman–Crippen LogP) is 2.34. The molecule has 0 aliphatic heterocycles. The molecule has 1 saturated carbocycles. The van der Waals surface area contributed by atoms with Crippen LogP contribution in [0.2, 0.25) is 0 Å². The van der Waals surface area contributed by atoms with Gasteiger partial charge in [0.1, 0.15) is 0 Å². The maximum atomic E-state index is 6.06. The van der Waals surface area contributed by atoms with Crippen LogP contribution in [0, 0.1) is 5.92 Å². The smallest absolute Gasteiger partial charge is 0.0934 e. The number of furan rings is 1. The lowest BCUT2D eigenvalue weighted by molar-refractivity contribution is 0.306. The van der Waals surface area contributed by atoms with Crippen LogP contribution in [-0.2, 0) is 6.42 Å². The molecular formula is C11H17NO. The van der Waals surface area contributed by atoms with Crippen LogP contribution in [0.25, 0.3) is 0 Å². The highest BCUT2D eigenvalue weighted by molar-refractivity contribution is 5.07. The third-order valence-electron chi connectivity index (χ3n) is 3.05. The molecule has 0 saturated heterocycles. The minimum atomic E-state index is 0.406. The van der Waals surface area contributed by atoms with Gasteiger partial charge in [0.25, 0.3) is 0 Å². The van der Waals surface area contributed by atoms with Crippen LogP contribution < -0.4 is 5.73 Å². The highest BCUT2D eigenvalue weighted by Crippen LogP contribution is 2.26. The Labute approximate surface area is 79.1 Å². The zero-order valence-corrected chi connectivity index (χ0v) is 7.91. The fourth-order valence-electron chi connectivity index (χ4n) is 2.20. The predicted molar refractivity (Wildman–Crippen MR) is 52.3 cm³/mol. The van der Waals surface area contributed by atoms with Crippen LogP contribution >= 0.6 is 0 Å². The van der Waals surface area contributed by atoms with E-state index in [0.29, 0.717) is 12.0 Å².